The lowest BCUT2D eigenvalue weighted by atomic mass is 9.77. The average Bonchev–Trinajstić information content (AvgIpc) is 2.35. The van der Waals surface area contributed by atoms with Crippen LogP contribution in [0.2, 0.25) is 0 Å². The van der Waals surface area contributed by atoms with Gasteiger partial charge in [0.1, 0.15) is 0 Å². The molecule has 2 aliphatic rings. The number of piperidine rings is 1. The number of hydrogen-bond acceptors (Lipinski definition) is 3. The van der Waals surface area contributed by atoms with Crippen molar-refractivity contribution in [1.82, 2.24) is 10.2 Å². The standard InChI is InChI=1S/C15H30N2O/c1-15(2,18-4)14(16-3)11-17-9-12-6-5-7-13(8-12)10-17/h12-14,16H,5-11H2,1-4H3. The average molecular weight is 254 g/mol. The van der Waals surface area contributed by atoms with Gasteiger partial charge in [0.05, 0.1) is 5.60 Å². The summed E-state index contributed by atoms with van der Waals surface area (Å²) in [6.45, 7) is 8.07. The fourth-order valence-corrected chi connectivity index (χ4v) is 3.75. The summed E-state index contributed by atoms with van der Waals surface area (Å²) in [4.78, 5) is 2.67. The third-order valence-electron chi connectivity index (χ3n) is 5.08. The van der Waals surface area contributed by atoms with E-state index in [1.54, 1.807) is 0 Å². The third-order valence-corrected chi connectivity index (χ3v) is 5.08. The maximum atomic E-state index is 5.64. The van der Waals surface area contributed by atoms with Crippen LogP contribution in [0, 0.1) is 11.8 Å². The molecule has 3 unspecified atom stereocenters. The molecule has 0 amide bonds. The van der Waals surface area contributed by atoms with Crippen LogP contribution in [-0.4, -0.2) is 50.3 Å². The normalized spacial score (nSPS) is 31.3. The molecule has 106 valence electrons. The molecule has 2 fully saturated rings. The molecule has 0 aromatic rings. The second-order valence-electron chi connectivity index (χ2n) is 6.77. The smallest absolute Gasteiger partial charge is 0.0787 e. The summed E-state index contributed by atoms with van der Waals surface area (Å²) in [5.74, 6) is 1.92. The second kappa shape index (κ2) is 5.89. The molecule has 3 atom stereocenters. The Bertz CT molecular complexity index is 255. The zero-order chi connectivity index (χ0) is 13.2. The predicted molar refractivity (Wildman–Crippen MR) is 75.8 cm³/mol. The first-order valence-corrected chi connectivity index (χ1v) is 7.50. The quantitative estimate of drug-likeness (QED) is 0.813. The van der Waals surface area contributed by atoms with Crippen molar-refractivity contribution in [2.75, 3.05) is 33.8 Å². The van der Waals surface area contributed by atoms with Gasteiger partial charge >= 0.3 is 0 Å². The Labute approximate surface area is 112 Å². The van der Waals surface area contributed by atoms with Crippen LogP contribution < -0.4 is 5.32 Å². The molecule has 2 bridgehead atoms. The largest absolute Gasteiger partial charge is 0.377 e. The predicted octanol–water partition coefficient (Wildman–Crippen LogP) is 2.12. The fourth-order valence-electron chi connectivity index (χ4n) is 3.75. The first-order valence-electron chi connectivity index (χ1n) is 7.50. The molecule has 0 aromatic carbocycles. The number of hydrogen-bond donors (Lipinski definition) is 1. The Morgan fingerprint density at radius 3 is 2.39 bits per heavy atom. The van der Waals surface area contributed by atoms with Gasteiger partial charge in [-0.1, -0.05) is 6.42 Å². The number of nitrogens with one attached hydrogen (secondary N) is 1. The van der Waals surface area contributed by atoms with E-state index in [-0.39, 0.29) is 5.60 Å². The maximum absolute atomic E-state index is 5.64. The van der Waals surface area contributed by atoms with E-state index >= 15 is 0 Å². The number of likely N-dealkylation sites (tertiary alicyclic amines) is 1. The van der Waals surface area contributed by atoms with E-state index in [0.717, 1.165) is 18.4 Å². The van der Waals surface area contributed by atoms with Gasteiger partial charge in [-0.15, -0.1) is 0 Å². The van der Waals surface area contributed by atoms with Gasteiger partial charge in [-0.2, -0.15) is 0 Å². The second-order valence-corrected chi connectivity index (χ2v) is 6.77. The molecule has 0 aromatic heterocycles. The van der Waals surface area contributed by atoms with E-state index in [0.29, 0.717) is 6.04 Å². The highest BCUT2D eigenvalue weighted by atomic mass is 16.5. The minimum absolute atomic E-state index is 0.0959. The van der Waals surface area contributed by atoms with Crippen LogP contribution in [0.25, 0.3) is 0 Å². The molecule has 1 N–H and O–H groups in total. The van der Waals surface area contributed by atoms with Crippen molar-refractivity contribution in [3.63, 3.8) is 0 Å². The highest BCUT2D eigenvalue weighted by Gasteiger charge is 2.34. The van der Waals surface area contributed by atoms with Crippen LogP contribution in [0.1, 0.15) is 39.5 Å². The van der Waals surface area contributed by atoms with Gasteiger partial charge in [0.25, 0.3) is 0 Å². The molecule has 1 aliphatic carbocycles. The van der Waals surface area contributed by atoms with E-state index in [2.05, 4.69) is 31.1 Å². The van der Waals surface area contributed by atoms with Gasteiger partial charge in [-0.3, -0.25) is 0 Å². The van der Waals surface area contributed by atoms with Crippen LogP contribution in [0.15, 0.2) is 0 Å². The molecule has 2 rings (SSSR count). The third kappa shape index (κ3) is 3.25. The minimum Gasteiger partial charge on any atom is -0.377 e. The van der Waals surface area contributed by atoms with Gasteiger partial charge < -0.3 is 15.0 Å². The van der Waals surface area contributed by atoms with Gasteiger partial charge in [-0.25, -0.2) is 0 Å². The van der Waals surface area contributed by atoms with Crippen molar-refractivity contribution in [3.05, 3.63) is 0 Å². The number of fused-ring (bicyclic) bond motifs is 2. The van der Waals surface area contributed by atoms with E-state index in [1.807, 2.05) is 7.11 Å². The number of likely N-dealkylation sites (N-methyl/N-ethyl adjacent to an activating group) is 1. The Morgan fingerprint density at radius 1 is 1.28 bits per heavy atom. The van der Waals surface area contributed by atoms with Crippen LogP contribution in [-0.2, 0) is 4.74 Å². The van der Waals surface area contributed by atoms with Crippen molar-refractivity contribution >= 4 is 0 Å². The SMILES string of the molecule is CNC(CN1CC2CCCC(C2)C1)C(C)(C)OC. The molecule has 1 aliphatic heterocycles. The molecule has 0 radical (unpaired) electrons. The monoisotopic (exact) mass is 254 g/mol. The highest BCUT2D eigenvalue weighted by molar-refractivity contribution is 4.90. The Hall–Kier alpha value is -0.120. The Kier molecular flexibility index (Phi) is 4.68. The minimum atomic E-state index is -0.0959. The van der Waals surface area contributed by atoms with Crippen LogP contribution in [0.5, 0.6) is 0 Å². The molecular formula is C15H30N2O. The van der Waals surface area contributed by atoms with E-state index in [9.17, 15) is 0 Å². The molecule has 1 saturated carbocycles. The first-order chi connectivity index (χ1) is 8.55. The number of rotatable bonds is 5. The summed E-state index contributed by atoms with van der Waals surface area (Å²) in [6.07, 6.45) is 5.84. The van der Waals surface area contributed by atoms with Crippen LogP contribution >= 0.6 is 0 Å². The summed E-state index contributed by atoms with van der Waals surface area (Å²) in [7, 11) is 3.87. The van der Waals surface area contributed by atoms with E-state index in [1.165, 1.54) is 38.8 Å². The van der Waals surface area contributed by atoms with Gasteiger partial charge in [0.2, 0.25) is 0 Å². The van der Waals surface area contributed by atoms with Crippen LogP contribution in [0.3, 0.4) is 0 Å². The zero-order valence-corrected chi connectivity index (χ0v) is 12.5. The van der Waals surface area contributed by atoms with E-state index < -0.39 is 0 Å². The van der Waals surface area contributed by atoms with Crippen molar-refractivity contribution in [2.45, 2.75) is 51.2 Å². The Morgan fingerprint density at radius 2 is 1.89 bits per heavy atom. The van der Waals surface area contributed by atoms with Gasteiger partial charge in [-0.05, 0) is 52.0 Å². The molecule has 3 heteroatoms. The summed E-state index contributed by atoms with van der Waals surface area (Å²) >= 11 is 0. The lowest BCUT2D eigenvalue weighted by Gasteiger charge is -2.44. The number of ether oxygens (including phenoxy) is 1. The van der Waals surface area contributed by atoms with E-state index in [4.69, 9.17) is 4.74 Å². The number of methoxy groups -OCH3 is 1. The first kappa shape index (κ1) is 14.3. The summed E-state index contributed by atoms with van der Waals surface area (Å²) in [5, 5.41) is 3.44. The lowest BCUT2D eigenvalue weighted by Crippen LogP contribution is -2.55. The summed E-state index contributed by atoms with van der Waals surface area (Å²) in [6, 6.07) is 0.404. The highest BCUT2D eigenvalue weighted by Crippen LogP contribution is 2.34. The van der Waals surface area contributed by atoms with Crippen LogP contribution in [0.4, 0.5) is 0 Å². The van der Waals surface area contributed by atoms with Crippen molar-refractivity contribution in [1.29, 1.82) is 0 Å². The van der Waals surface area contributed by atoms with Crippen molar-refractivity contribution < 1.29 is 4.74 Å². The van der Waals surface area contributed by atoms with Crippen molar-refractivity contribution in [3.8, 4) is 0 Å². The van der Waals surface area contributed by atoms with Gasteiger partial charge in [0.15, 0.2) is 0 Å². The molecule has 18 heavy (non-hydrogen) atoms. The molecule has 3 nitrogen and oxygen atoms in total. The van der Waals surface area contributed by atoms with Gasteiger partial charge in [0, 0.05) is 32.8 Å². The maximum Gasteiger partial charge on any atom is 0.0787 e. The molecule has 1 saturated heterocycles. The molecule has 0 spiro atoms. The van der Waals surface area contributed by atoms with Crippen molar-refractivity contribution in [2.24, 2.45) is 11.8 Å². The lowest BCUT2D eigenvalue weighted by molar-refractivity contribution is -0.0267. The fraction of sp³-hybridized carbons (Fsp3) is 1.00. The summed E-state index contributed by atoms with van der Waals surface area (Å²) < 4.78 is 5.64. The topological polar surface area (TPSA) is 24.5 Å². The Balaban J connectivity index is 1.91. The number of nitrogens with zero attached hydrogens (tertiary/aromatic N) is 1. The summed E-state index contributed by atoms with van der Waals surface area (Å²) in [5.41, 5.74) is -0.0959. The zero-order valence-electron chi connectivity index (χ0n) is 12.5. The molecule has 1 heterocycles. The molecular weight excluding hydrogens is 224 g/mol.